The number of aliphatic imine (C=N–C) groups is 1. The van der Waals surface area contributed by atoms with Crippen LogP contribution in [0.1, 0.15) is 68.2 Å². The molecule has 0 aromatic heterocycles. The lowest BCUT2D eigenvalue weighted by Crippen LogP contribution is -2.66. The van der Waals surface area contributed by atoms with Crippen molar-refractivity contribution in [3.63, 3.8) is 0 Å². The first-order valence-electron chi connectivity index (χ1n) is 14.2. The van der Waals surface area contributed by atoms with Crippen LogP contribution in [0.4, 0.5) is 0 Å². The van der Waals surface area contributed by atoms with Crippen LogP contribution in [0.2, 0.25) is 0 Å². The van der Waals surface area contributed by atoms with E-state index in [1.165, 1.54) is 0 Å². The molecule has 3 aliphatic rings. The molecule has 40 heavy (non-hydrogen) atoms. The number of ketones is 1. The Bertz CT molecular complexity index is 1200. The van der Waals surface area contributed by atoms with Gasteiger partial charge in [0.1, 0.15) is 13.1 Å². The fourth-order valence-electron chi connectivity index (χ4n) is 5.55. The van der Waals surface area contributed by atoms with E-state index in [0.29, 0.717) is 34.4 Å². The molecular weight excluding hydrogens is 504 g/mol. The minimum absolute atomic E-state index is 0.0166. The van der Waals surface area contributed by atoms with E-state index < -0.39 is 12.0 Å². The third kappa shape index (κ3) is 7.75. The predicted octanol–water partition coefficient (Wildman–Crippen LogP) is 5.68. The average Bonchev–Trinajstić information content (AvgIpc) is 2.94. The summed E-state index contributed by atoms with van der Waals surface area (Å²) in [5, 5.41) is 0. The molecule has 214 valence electrons. The second-order valence-corrected chi connectivity index (χ2v) is 10.8. The molecule has 0 spiro atoms. The second kappa shape index (κ2) is 14.2. The number of rotatable bonds is 12. The summed E-state index contributed by atoms with van der Waals surface area (Å²) in [5.74, 6) is -0.493. The van der Waals surface area contributed by atoms with Crippen LogP contribution in [-0.4, -0.2) is 72.3 Å². The number of piperidine rings is 3. The Hall–Kier alpha value is -3.58. The number of hydrogen-bond acceptors (Lipinski definition) is 6. The van der Waals surface area contributed by atoms with Crippen LogP contribution in [0, 0.1) is 5.92 Å². The van der Waals surface area contributed by atoms with Crippen molar-refractivity contribution in [2.75, 3.05) is 26.2 Å². The Morgan fingerprint density at radius 2 is 1.65 bits per heavy atom. The maximum atomic E-state index is 13.5. The summed E-state index contributed by atoms with van der Waals surface area (Å²) in [5.41, 5.74) is 2.36. The van der Waals surface area contributed by atoms with Crippen molar-refractivity contribution < 1.29 is 28.3 Å². The lowest BCUT2D eigenvalue weighted by atomic mass is 9.82. The van der Waals surface area contributed by atoms with Gasteiger partial charge in [0.2, 0.25) is 5.78 Å². The summed E-state index contributed by atoms with van der Waals surface area (Å²) in [6.07, 6.45) is 12.3. The van der Waals surface area contributed by atoms with Gasteiger partial charge in [-0.2, -0.15) is 0 Å². The van der Waals surface area contributed by atoms with Crippen molar-refractivity contribution in [1.82, 2.24) is 0 Å². The van der Waals surface area contributed by atoms with E-state index in [-0.39, 0.29) is 29.9 Å². The molecule has 7 heteroatoms. The molecule has 0 N–H and O–H groups in total. The number of fused-ring (bicyclic) bond motifs is 3. The predicted molar refractivity (Wildman–Crippen MR) is 158 cm³/mol. The minimum Gasteiger partial charge on any atom is -0.459 e. The number of allylic oxidation sites excluding steroid dienone is 5. The number of carbonyl (C=O) groups excluding carboxylic acids is 3. The van der Waals surface area contributed by atoms with Crippen molar-refractivity contribution in [2.24, 2.45) is 10.9 Å². The van der Waals surface area contributed by atoms with Crippen LogP contribution in [0.15, 0.2) is 77.9 Å². The number of benzene rings is 1. The second-order valence-electron chi connectivity index (χ2n) is 10.8. The van der Waals surface area contributed by atoms with Crippen molar-refractivity contribution in [2.45, 2.75) is 65.7 Å². The van der Waals surface area contributed by atoms with Crippen LogP contribution in [0.5, 0.6) is 0 Å². The zero-order valence-corrected chi connectivity index (χ0v) is 24.5. The van der Waals surface area contributed by atoms with Crippen LogP contribution in [-0.2, 0) is 14.3 Å². The van der Waals surface area contributed by atoms with Gasteiger partial charge in [-0.3, -0.25) is 9.79 Å². The van der Waals surface area contributed by atoms with E-state index >= 15 is 0 Å². The van der Waals surface area contributed by atoms with Gasteiger partial charge in [-0.1, -0.05) is 43.0 Å². The summed E-state index contributed by atoms with van der Waals surface area (Å²) < 4.78 is 12.0. The summed E-state index contributed by atoms with van der Waals surface area (Å²) in [7, 11) is 0. The molecule has 0 radical (unpaired) electrons. The lowest BCUT2D eigenvalue weighted by molar-refractivity contribution is -0.938. The Morgan fingerprint density at radius 1 is 1.02 bits per heavy atom. The van der Waals surface area contributed by atoms with E-state index in [4.69, 9.17) is 9.47 Å². The van der Waals surface area contributed by atoms with Crippen LogP contribution < -0.4 is 0 Å². The van der Waals surface area contributed by atoms with Crippen molar-refractivity contribution in [3.05, 3.63) is 84.0 Å². The molecule has 3 saturated heterocycles. The van der Waals surface area contributed by atoms with Gasteiger partial charge in [-0.15, -0.1) is 0 Å². The van der Waals surface area contributed by atoms with Gasteiger partial charge < -0.3 is 14.0 Å². The zero-order chi connectivity index (χ0) is 29.3. The van der Waals surface area contributed by atoms with Crippen molar-refractivity contribution in [3.8, 4) is 0 Å². The third-order valence-electron chi connectivity index (χ3n) is 7.63. The molecule has 3 heterocycles. The lowest BCUT2D eigenvalue weighted by Gasteiger charge is -2.51. The Kier molecular flexibility index (Phi) is 11.0. The normalized spacial score (nSPS) is 23.9. The standard InChI is InChI=1S/C33H43N2O5/c1-7-11-24(9-3)31(34-28(10-4)12-8-2)33(38)40-30-22-35(19-17-26(30)18-20-35)21-29(36)25-13-15-27(16-14-25)32(37)39-23(5)6/h7-16,23,26,30-31H,4,17-22H2,1-3,5-6H3/q+1/b11-7?,12-8-,24-9?,34-28?. The van der Waals surface area contributed by atoms with Crippen molar-refractivity contribution >= 4 is 23.4 Å². The smallest absolute Gasteiger partial charge is 0.338 e. The fraction of sp³-hybridized carbons (Fsp3) is 0.455. The molecule has 0 aliphatic carbocycles. The van der Waals surface area contributed by atoms with Gasteiger partial charge in [-0.05, 0) is 64.5 Å². The van der Waals surface area contributed by atoms with E-state index in [1.807, 2.05) is 51.2 Å². The maximum absolute atomic E-state index is 13.5. The molecule has 2 unspecified atom stereocenters. The number of Topliss-reactive ketones (excluding diaryl/α,β-unsaturated/α-hetero) is 1. The summed E-state index contributed by atoms with van der Waals surface area (Å²) in [6.45, 7) is 15.8. The molecule has 2 atom stereocenters. The van der Waals surface area contributed by atoms with Gasteiger partial charge in [0.15, 0.2) is 12.1 Å². The van der Waals surface area contributed by atoms with E-state index in [2.05, 4.69) is 11.6 Å². The summed E-state index contributed by atoms with van der Waals surface area (Å²) in [6, 6.07) is 5.87. The van der Waals surface area contributed by atoms with E-state index in [9.17, 15) is 14.4 Å². The monoisotopic (exact) mass is 547 g/mol. The number of ether oxygens (including phenoxy) is 2. The van der Waals surface area contributed by atoms with Gasteiger partial charge in [0, 0.05) is 24.3 Å². The Balaban J connectivity index is 1.74. The number of nitrogens with zero attached hydrogens (tertiary/aromatic N) is 2. The first-order chi connectivity index (χ1) is 19.1. The quantitative estimate of drug-likeness (QED) is 0.111. The maximum Gasteiger partial charge on any atom is 0.338 e. The first-order valence-corrected chi connectivity index (χ1v) is 14.2. The molecule has 7 nitrogen and oxygen atoms in total. The number of hydrogen-bond donors (Lipinski definition) is 0. The number of carbonyl (C=O) groups is 3. The highest BCUT2D eigenvalue weighted by Crippen LogP contribution is 2.36. The van der Waals surface area contributed by atoms with Crippen LogP contribution in [0.25, 0.3) is 0 Å². The molecule has 3 fully saturated rings. The fourth-order valence-corrected chi connectivity index (χ4v) is 5.55. The van der Waals surface area contributed by atoms with Gasteiger partial charge in [0.25, 0.3) is 0 Å². The topological polar surface area (TPSA) is 82.0 Å². The molecule has 0 saturated carbocycles. The Morgan fingerprint density at radius 3 is 2.20 bits per heavy atom. The van der Waals surface area contributed by atoms with Crippen molar-refractivity contribution in [1.29, 1.82) is 0 Å². The van der Waals surface area contributed by atoms with Gasteiger partial charge in [0.05, 0.1) is 30.5 Å². The third-order valence-corrected chi connectivity index (χ3v) is 7.63. The Labute approximate surface area is 238 Å². The largest absolute Gasteiger partial charge is 0.459 e. The molecule has 1 aromatic rings. The summed E-state index contributed by atoms with van der Waals surface area (Å²) >= 11 is 0. The highest BCUT2D eigenvalue weighted by atomic mass is 16.5. The first kappa shape index (κ1) is 31.0. The van der Waals surface area contributed by atoms with Crippen LogP contribution >= 0.6 is 0 Å². The molecule has 4 rings (SSSR count). The van der Waals surface area contributed by atoms with Crippen LogP contribution in [0.3, 0.4) is 0 Å². The van der Waals surface area contributed by atoms with E-state index in [0.717, 1.165) is 31.5 Å². The molecular formula is C33H43N2O5+. The average molecular weight is 548 g/mol. The molecule has 1 aromatic carbocycles. The molecule has 3 aliphatic heterocycles. The SMILES string of the molecule is C=CC(/C=C\C)=NC(C(=O)OC1C[N+]2(CC(=O)c3ccc(C(=O)OC(C)C)cc3)CCC1CC2)C(C=CC)=CC. The number of quaternary nitrogens is 1. The van der Waals surface area contributed by atoms with E-state index in [1.54, 1.807) is 44.2 Å². The minimum atomic E-state index is -0.795. The summed E-state index contributed by atoms with van der Waals surface area (Å²) in [4.78, 5) is 43.7. The number of esters is 2. The highest BCUT2D eigenvalue weighted by molar-refractivity contribution is 6.05. The van der Waals surface area contributed by atoms with Gasteiger partial charge in [-0.25, -0.2) is 9.59 Å². The molecule has 2 bridgehead atoms. The van der Waals surface area contributed by atoms with Gasteiger partial charge >= 0.3 is 11.9 Å². The molecule has 0 amide bonds. The highest BCUT2D eigenvalue weighted by Gasteiger charge is 2.49. The zero-order valence-electron chi connectivity index (χ0n) is 24.5.